The van der Waals surface area contributed by atoms with E-state index >= 15 is 0 Å². The zero-order valence-corrected chi connectivity index (χ0v) is 17.3. The predicted molar refractivity (Wildman–Crippen MR) is 113 cm³/mol. The number of nitrogens with zero attached hydrogens (tertiary/aromatic N) is 4. The van der Waals surface area contributed by atoms with Crippen LogP contribution >= 0.6 is 0 Å². The lowest BCUT2D eigenvalue weighted by Gasteiger charge is -2.20. The van der Waals surface area contributed by atoms with Crippen molar-refractivity contribution in [3.05, 3.63) is 60.0 Å². The van der Waals surface area contributed by atoms with E-state index in [9.17, 15) is 9.59 Å². The van der Waals surface area contributed by atoms with E-state index < -0.39 is 18.2 Å². The van der Waals surface area contributed by atoms with Gasteiger partial charge in [-0.15, -0.1) is 0 Å². The molecular weight excluding hydrogens is 414 g/mol. The van der Waals surface area contributed by atoms with Crippen LogP contribution < -0.4 is 5.73 Å². The summed E-state index contributed by atoms with van der Waals surface area (Å²) in [6, 6.07) is 13.0. The van der Waals surface area contributed by atoms with E-state index in [4.69, 9.17) is 19.9 Å². The van der Waals surface area contributed by atoms with E-state index in [0.29, 0.717) is 18.7 Å². The SMILES string of the molecule is Nc1ncnn2c(C3CCC(COC(=O)N4C(=O)OCC4Cc4ccccc4)O3)ccc12. The van der Waals surface area contributed by atoms with E-state index in [1.54, 1.807) is 4.52 Å². The number of rotatable bonds is 5. The molecule has 3 atom stereocenters. The molecule has 10 nitrogen and oxygen atoms in total. The van der Waals surface area contributed by atoms with Gasteiger partial charge in [-0.25, -0.2) is 24.0 Å². The van der Waals surface area contributed by atoms with Gasteiger partial charge >= 0.3 is 12.2 Å². The van der Waals surface area contributed by atoms with Gasteiger partial charge in [0.05, 0.1) is 17.8 Å². The van der Waals surface area contributed by atoms with Gasteiger partial charge in [-0.3, -0.25) is 0 Å². The second-order valence-electron chi connectivity index (χ2n) is 7.89. The standard InChI is InChI=1S/C22H23N5O5/c23-20-18-8-7-17(27(18)25-13-24-20)19-9-6-16(32-19)12-31-22(29)26-15(11-30-21(26)28)10-14-4-2-1-3-5-14/h1-5,7-8,13,15-16,19H,6,9-12H2,(H2,23,24,25). The third-order valence-electron chi connectivity index (χ3n) is 5.81. The van der Waals surface area contributed by atoms with Crippen LogP contribution in [0.3, 0.4) is 0 Å². The summed E-state index contributed by atoms with van der Waals surface area (Å²) in [6.45, 7) is 0.203. The minimum atomic E-state index is -0.714. The third kappa shape index (κ3) is 3.84. The molecule has 0 bridgehead atoms. The van der Waals surface area contributed by atoms with Gasteiger partial charge in [0.25, 0.3) is 0 Å². The van der Waals surface area contributed by atoms with Crippen molar-refractivity contribution in [1.82, 2.24) is 19.5 Å². The van der Waals surface area contributed by atoms with Crippen LogP contribution in [0, 0.1) is 0 Å². The number of hydrogen-bond donors (Lipinski definition) is 1. The number of hydrogen-bond acceptors (Lipinski definition) is 8. The maximum atomic E-state index is 12.6. The molecule has 166 valence electrons. The molecule has 2 amide bonds. The second kappa shape index (κ2) is 8.46. The van der Waals surface area contributed by atoms with Gasteiger partial charge in [-0.2, -0.15) is 5.10 Å². The molecule has 10 heteroatoms. The number of anilines is 1. The molecule has 2 saturated heterocycles. The Morgan fingerprint density at radius 1 is 1.19 bits per heavy atom. The van der Waals surface area contributed by atoms with Crippen molar-refractivity contribution >= 4 is 23.5 Å². The van der Waals surface area contributed by atoms with E-state index in [0.717, 1.165) is 28.1 Å². The highest BCUT2D eigenvalue weighted by Crippen LogP contribution is 2.34. The maximum Gasteiger partial charge on any atom is 0.419 e. The van der Waals surface area contributed by atoms with Crippen LogP contribution in [0.15, 0.2) is 48.8 Å². The molecular formula is C22H23N5O5. The van der Waals surface area contributed by atoms with Gasteiger partial charge in [0.2, 0.25) is 0 Å². The predicted octanol–water partition coefficient (Wildman–Crippen LogP) is 2.73. The minimum absolute atomic E-state index is 0.0532. The van der Waals surface area contributed by atoms with E-state index in [1.165, 1.54) is 6.33 Å². The summed E-state index contributed by atoms with van der Waals surface area (Å²) in [4.78, 5) is 29.8. The topological polar surface area (TPSA) is 121 Å². The molecule has 0 radical (unpaired) electrons. The summed E-state index contributed by atoms with van der Waals surface area (Å²) in [5.74, 6) is 0.400. The van der Waals surface area contributed by atoms with Crippen molar-refractivity contribution in [3.8, 4) is 0 Å². The first-order chi connectivity index (χ1) is 15.6. The van der Waals surface area contributed by atoms with Crippen LogP contribution in [0.5, 0.6) is 0 Å². The van der Waals surface area contributed by atoms with Crippen LogP contribution in [-0.2, 0) is 20.6 Å². The summed E-state index contributed by atoms with van der Waals surface area (Å²) in [7, 11) is 0. The molecule has 32 heavy (non-hydrogen) atoms. The van der Waals surface area contributed by atoms with Crippen molar-refractivity contribution in [2.24, 2.45) is 0 Å². The number of aromatic nitrogens is 3. The molecule has 2 aliphatic rings. The summed E-state index contributed by atoms with van der Waals surface area (Å²) >= 11 is 0. The first-order valence-corrected chi connectivity index (χ1v) is 10.5. The Morgan fingerprint density at radius 2 is 2.03 bits per heavy atom. The molecule has 1 aromatic carbocycles. The van der Waals surface area contributed by atoms with Crippen molar-refractivity contribution in [2.75, 3.05) is 18.9 Å². The minimum Gasteiger partial charge on any atom is -0.447 e. The number of carbonyl (C=O) groups is 2. The monoisotopic (exact) mass is 437 g/mol. The number of nitrogen functional groups attached to an aromatic ring is 1. The van der Waals surface area contributed by atoms with Crippen molar-refractivity contribution in [2.45, 2.75) is 37.5 Å². The van der Waals surface area contributed by atoms with Crippen LogP contribution in [-0.4, -0.2) is 57.0 Å². The van der Waals surface area contributed by atoms with E-state index in [-0.39, 0.29) is 25.4 Å². The number of cyclic esters (lactones) is 1. The first-order valence-electron chi connectivity index (χ1n) is 10.5. The maximum absolute atomic E-state index is 12.6. The quantitative estimate of drug-likeness (QED) is 0.647. The number of benzene rings is 1. The molecule has 2 N–H and O–H groups in total. The first kappa shape index (κ1) is 20.3. The number of imide groups is 1. The molecule has 0 spiro atoms. The van der Waals surface area contributed by atoms with Crippen LogP contribution in [0.25, 0.3) is 5.52 Å². The lowest BCUT2D eigenvalue weighted by atomic mass is 10.1. The smallest absolute Gasteiger partial charge is 0.419 e. The Labute approximate surface area is 183 Å². The Balaban J connectivity index is 1.19. The Kier molecular flexibility index (Phi) is 5.36. The highest BCUT2D eigenvalue weighted by atomic mass is 16.6. The molecule has 5 rings (SSSR count). The van der Waals surface area contributed by atoms with Crippen LogP contribution in [0.1, 0.15) is 30.2 Å². The lowest BCUT2D eigenvalue weighted by molar-refractivity contribution is -0.00390. The van der Waals surface area contributed by atoms with E-state index in [2.05, 4.69) is 10.1 Å². The number of fused-ring (bicyclic) bond motifs is 1. The van der Waals surface area contributed by atoms with Crippen molar-refractivity contribution < 1.29 is 23.8 Å². The zero-order valence-electron chi connectivity index (χ0n) is 17.3. The van der Waals surface area contributed by atoms with Gasteiger partial charge in [0, 0.05) is 0 Å². The molecule has 2 aliphatic heterocycles. The number of nitrogens with two attached hydrogens (primary N) is 1. The molecule has 3 unspecified atom stereocenters. The van der Waals surface area contributed by atoms with Gasteiger partial charge in [0.15, 0.2) is 5.82 Å². The van der Waals surface area contributed by atoms with Gasteiger partial charge in [0.1, 0.15) is 31.2 Å². The molecule has 3 aromatic rings. The van der Waals surface area contributed by atoms with Gasteiger partial charge < -0.3 is 19.9 Å². The fraction of sp³-hybridized carbons (Fsp3) is 0.364. The number of carbonyl (C=O) groups excluding carboxylic acids is 2. The molecule has 4 heterocycles. The van der Waals surface area contributed by atoms with Crippen molar-refractivity contribution in [1.29, 1.82) is 0 Å². The van der Waals surface area contributed by atoms with E-state index in [1.807, 2.05) is 42.5 Å². The summed E-state index contributed by atoms with van der Waals surface area (Å²) in [5.41, 5.74) is 8.50. The largest absolute Gasteiger partial charge is 0.447 e. The van der Waals surface area contributed by atoms with Gasteiger partial charge in [-0.1, -0.05) is 30.3 Å². The summed E-state index contributed by atoms with van der Waals surface area (Å²) < 4.78 is 18.3. The Morgan fingerprint density at radius 3 is 2.88 bits per heavy atom. The highest BCUT2D eigenvalue weighted by molar-refractivity contribution is 5.89. The summed E-state index contributed by atoms with van der Waals surface area (Å²) in [5, 5.41) is 4.25. The molecule has 0 saturated carbocycles. The van der Waals surface area contributed by atoms with Crippen LogP contribution in [0.2, 0.25) is 0 Å². The fourth-order valence-corrected chi connectivity index (χ4v) is 4.22. The average Bonchev–Trinajstić information content (AvgIpc) is 3.52. The zero-order chi connectivity index (χ0) is 22.1. The highest BCUT2D eigenvalue weighted by Gasteiger charge is 2.40. The number of ether oxygens (including phenoxy) is 3. The molecule has 2 aromatic heterocycles. The number of amides is 2. The average molecular weight is 437 g/mol. The molecule has 0 aliphatic carbocycles. The van der Waals surface area contributed by atoms with Crippen LogP contribution in [0.4, 0.5) is 15.4 Å². The lowest BCUT2D eigenvalue weighted by Crippen LogP contribution is -2.41. The Hall–Kier alpha value is -3.66. The second-order valence-corrected chi connectivity index (χ2v) is 7.89. The van der Waals surface area contributed by atoms with Crippen molar-refractivity contribution in [3.63, 3.8) is 0 Å². The fourth-order valence-electron chi connectivity index (χ4n) is 4.22. The third-order valence-corrected chi connectivity index (χ3v) is 5.81. The Bertz CT molecular complexity index is 1130. The summed E-state index contributed by atoms with van der Waals surface area (Å²) in [6.07, 6.45) is 1.51. The normalized spacial score (nSPS) is 22.9. The molecule has 2 fully saturated rings. The van der Waals surface area contributed by atoms with Gasteiger partial charge in [-0.05, 0) is 37.0 Å².